The fourth-order valence-electron chi connectivity index (χ4n) is 2.49. The molecule has 0 spiro atoms. The van der Waals surface area contributed by atoms with Crippen molar-refractivity contribution in [3.63, 3.8) is 0 Å². The van der Waals surface area contributed by atoms with Crippen molar-refractivity contribution in [2.75, 3.05) is 12.4 Å². The molecule has 0 radical (unpaired) electrons. The zero-order chi connectivity index (χ0) is 17.1. The van der Waals surface area contributed by atoms with Crippen LogP contribution in [0.1, 0.15) is 0 Å². The predicted octanol–water partition coefficient (Wildman–Crippen LogP) is 4.75. The zero-order valence-electron chi connectivity index (χ0n) is 13.5. The minimum Gasteiger partial charge on any atom is -0.495 e. The molecule has 0 bridgehead atoms. The van der Waals surface area contributed by atoms with Crippen LogP contribution < -0.4 is 10.1 Å². The van der Waals surface area contributed by atoms with E-state index in [1.807, 2.05) is 48.5 Å². The third-order valence-corrected chi connectivity index (χ3v) is 3.72. The molecule has 2 heterocycles. The van der Waals surface area contributed by atoms with Gasteiger partial charge in [0.15, 0.2) is 17.9 Å². The van der Waals surface area contributed by atoms with Crippen molar-refractivity contribution in [1.82, 2.24) is 9.97 Å². The number of rotatable bonds is 5. The predicted molar refractivity (Wildman–Crippen MR) is 93.7 cm³/mol. The number of oxazole rings is 2. The maximum Gasteiger partial charge on any atom is 0.299 e. The summed E-state index contributed by atoms with van der Waals surface area (Å²) in [5, 5.41) is 3.14. The third-order valence-electron chi connectivity index (χ3n) is 3.72. The maximum absolute atomic E-state index is 5.77. The molecule has 0 aliphatic carbocycles. The van der Waals surface area contributed by atoms with Crippen LogP contribution in [0.2, 0.25) is 0 Å². The number of anilines is 2. The van der Waals surface area contributed by atoms with Gasteiger partial charge in [-0.15, -0.1) is 0 Å². The second-order valence-electron chi connectivity index (χ2n) is 5.30. The molecular weight excluding hydrogens is 318 g/mol. The third kappa shape index (κ3) is 3.10. The first-order valence-electron chi connectivity index (χ1n) is 7.68. The van der Waals surface area contributed by atoms with Crippen LogP contribution in [0.4, 0.5) is 11.7 Å². The number of aromatic nitrogens is 2. The van der Waals surface area contributed by atoms with Gasteiger partial charge in [-0.2, -0.15) is 0 Å². The number of hydrogen-bond donors (Lipinski definition) is 1. The van der Waals surface area contributed by atoms with Gasteiger partial charge in [-0.1, -0.05) is 30.3 Å². The highest BCUT2D eigenvalue weighted by Gasteiger charge is 2.11. The van der Waals surface area contributed by atoms with Crippen LogP contribution in [0.3, 0.4) is 0 Å². The van der Waals surface area contributed by atoms with Crippen molar-refractivity contribution in [1.29, 1.82) is 0 Å². The second kappa shape index (κ2) is 6.52. The lowest BCUT2D eigenvalue weighted by atomic mass is 10.1. The van der Waals surface area contributed by atoms with E-state index >= 15 is 0 Å². The van der Waals surface area contributed by atoms with Crippen molar-refractivity contribution in [3.05, 3.63) is 67.3 Å². The summed E-state index contributed by atoms with van der Waals surface area (Å²) in [5.74, 6) is 2.01. The molecule has 25 heavy (non-hydrogen) atoms. The summed E-state index contributed by atoms with van der Waals surface area (Å²) in [6.07, 6.45) is 4.74. The quantitative estimate of drug-likeness (QED) is 0.568. The Morgan fingerprint density at radius 3 is 2.60 bits per heavy atom. The van der Waals surface area contributed by atoms with Gasteiger partial charge in [0.2, 0.25) is 0 Å². The molecule has 1 N–H and O–H groups in total. The first-order chi connectivity index (χ1) is 12.3. The molecule has 0 saturated heterocycles. The normalized spacial score (nSPS) is 10.6. The summed E-state index contributed by atoms with van der Waals surface area (Å²) in [6.45, 7) is 0. The standard InChI is InChI=1S/C19H15N3O3/c1-23-16-9-14(17-10-20-12-24-17)7-8-15(16)22-19-21-11-18(25-19)13-5-3-2-4-6-13/h2-12H,1H3,(H,21,22). The van der Waals surface area contributed by atoms with E-state index in [9.17, 15) is 0 Å². The molecular formula is C19H15N3O3. The van der Waals surface area contributed by atoms with Crippen LogP contribution in [0, 0.1) is 0 Å². The lowest BCUT2D eigenvalue weighted by Gasteiger charge is -2.09. The van der Waals surface area contributed by atoms with Gasteiger partial charge in [0, 0.05) is 11.1 Å². The Bertz CT molecular complexity index is 963. The summed E-state index contributed by atoms with van der Waals surface area (Å²) in [6, 6.07) is 15.9. The van der Waals surface area contributed by atoms with E-state index in [1.54, 1.807) is 19.5 Å². The van der Waals surface area contributed by atoms with Crippen LogP contribution in [-0.4, -0.2) is 17.1 Å². The lowest BCUT2D eigenvalue weighted by molar-refractivity contribution is 0.416. The van der Waals surface area contributed by atoms with Crippen molar-refractivity contribution >= 4 is 11.7 Å². The average molecular weight is 333 g/mol. The van der Waals surface area contributed by atoms with E-state index in [2.05, 4.69) is 15.3 Å². The summed E-state index contributed by atoms with van der Waals surface area (Å²) < 4.78 is 16.5. The molecule has 2 aromatic heterocycles. The Hall–Kier alpha value is -3.54. The van der Waals surface area contributed by atoms with Crippen molar-refractivity contribution in [3.8, 4) is 28.4 Å². The highest BCUT2D eigenvalue weighted by Crippen LogP contribution is 2.33. The Kier molecular flexibility index (Phi) is 3.92. The largest absolute Gasteiger partial charge is 0.495 e. The zero-order valence-corrected chi connectivity index (χ0v) is 13.5. The minimum absolute atomic E-state index is 0.393. The van der Waals surface area contributed by atoms with E-state index in [1.165, 1.54) is 6.39 Å². The van der Waals surface area contributed by atoms with Crippen molar-refractivity contribution in [2.24, 2.45) is 0 Å². The van der Waals surface area contributed by atoms with Crippen LogP contribution in [0.15, 0.2) is 76.2 Å². The Labute approximate surface area is 144 Å². The second-order valence-corrected chi connectivity index (χ2v) is 5.30. The number of hydrogen-bond acceptors (Lipinski definition) is 6. The highest BCUT2D eigenvalue weighted by molar-refractivity contribution is 5.70. The van der Waals surface area contributed by atoms with E-state index in [4.69, 9.17) is 13.6 Å². The van der Waals surface area contributed by atoms with Crippen molar-refractivity contribution < 1.29 is 13.6 Å². The summed E-state index contributed by atoms with van der Waals surface area (Å²) in [7, 11) is 1.61. The van der Waals surface area contributed by atoms with Gasteiger partial charge >= 0.3 is 0 Å². The first-order valence-corrected chi connectivity index (χ1v) is 7.68. The molecule has 6 heteroatoms. The molecule has 0 atom stereocenters. The van der Waals surface area contributed by atoms with E-state index in [-0.39, 0.29) is 0 Å². The SMILES string of the molecule is COc1cc(-c2cnco2)ccc1Nc1ncc(-c2ccccc2)o1. The van der Waals surface area contributed by atoms with Crippen LogP contribution in [0.5, 0.6) is 5.75 Å². The summed E-state index contributed by atoms with van der Waals surface area (Å²) in [5.41, 5.74) is 2.58. The Balaban J connectivity index is 1.60. The highest BCUT2D eigenvalue weighted by atomic mass is 16.5. The van der Waals surface area contributed by atoms with Gasteiger partial charge < -0.3 is 18.9 Å². The molecule has 0 aliphatic rings. The number of nitrogens with one attached hydrogen (secondary N) is 1. The van der Waals surface area contributed by atoms with Crippen LogP contribution in [-0.2, 0) is 0 Å². The minimum atomic E-state index is 0.393. The van der Waals surface area contributed by atoms with Gasteiger partial charge in [-0.3, -0.25) is 0 Å². The van der Waals surface area contributed by atoms with E-state index < -0.39 is 0 Å². The molecule has 4 aromatic rings. The van der Waals surface area contributed by atoms with Gasteiger partial charge in [0.1, 0.15) is 5.75 Å². The molecule has 6 nitrogen and oxygen atoms in total. The van der Waals surface area contributed by atoms with Gasteiger partial charge in [-0.25, -0.2) is 9.97 Å². The number of nitrogens with zero attached hydrogens (tertiary/aromatic N) is 2. The average Bonchev–Trinajstić information content (AvgIpc) is 3.35. The smallest absolute Gasteiger partial charge is 0.299 e. The molecule has 0 fully saturated rings. The van der Waals surface area contributed by atoms with Crippen LogP contribution in [0.25, 0.3) is 22.6 Å². The molecule has 4 rings (SSSR count). The molecule has 0 amide bonds. The summed E-state index contributed by atoms with van der Waals surface area (Å²) in [4.78, 5) is 8.20. The Morgan fingerprint density at radius 1 is 0.960 bits per heavy atom. The van der Waals surface area contributed by atoms with Crippen LogP contribution >= 0.6 is 0 Å². The lowest BCUT2D eigenvalue weighted by Crippen LogP contribution is -1.95. The number of benzene rings is 2. The monoisotopic (exact) mass is 333 g/mol. The maximum atomic E-state index is 5.77. The van der Waals surface area contributed by atoms with E-state index in [0.29, 0.717) is 23.3 Å². The number of ether oxygens (including phenoxy) is 1. The Morgan fingerprint density at radius 2 is 1.84 bits per heavy atom. The number of methoxy groups -OCH3 is 1. The molecule has 124 valence electrons. The van der Waals surface area contributed by atoms with Crippen molar-refractivity contribution in [2.45, 2.75) is 0 Å². The molecule has 0 saturated carbocycles. The molecule has 2 aromatic carbocycles. The van der Waals surface area contributed by atoms with Gasteiger partial charge in [-0.05, 0) is 18.2 Å². The summed E-state index contributed by atoms with van der Waals surface area (Å²) >= 11 is 0. The fraction of sp³-hybridized carbons (Fsp3) is 0.0526. The molecule has 0 aliphatic heterocycles. The van der Waals surface area contributed by atoms with Gasteiger partial charge in [0.05, 0.1) is 25.2 Å². The topological polar surface area (TPSA) is 73.3 Å². The first kappa shape index (κ1) is 15.0. The fourth-order valence-corrected chi connectivity index (χ4v) is 2.49. The van der Waals surface area contributed by atoms with Gasteiger partial charge in [0.25, 0.3) is 6.01 Å². The van der Waals surface area contributed by atoms with E-state index in [0.717, 1.165) is 16.8 Å². The molecule has 0 unspecified atom stereocenters.